The van der Waals surface area contributed by atoms with E-state index in [1.54, 1.807) is 13.0 Å². The van der Waals surface area contributed by atoms with Crippen LogP contribution in [0.15, 0.2) is 22.6 Å². The molecule has 0 fully saturated rings. The molecule has 1 aromatic carbocycles. The van der Waals surface area contributed by atoms with Crippen molar-refractivity contribution in [3.8, 4) is 11.5 Å². The van der Waals surface area contributed by atoms with Gasteiger partial charge in [-0.15, -0.1) is 10.2 Å². The number of rotatable bonds is 7. The van der Waals surface area contributed by atoms with Gasteiger partial charge < -0.3 is 9.73 Å². The third-order valence-corrected chi connectivity index (χ3v) is 2.98. The standard InChI is InChI=1S/C14H18N4O3/c1-3-15-6-4-5-13-16-17-14(21-13)11-7-10(2)8-12(9-11)18(19)20/h7-9,15H,3-6H2,1-2H3. The highest BCUT2D eigenvalue weighted by atomic mass is 16.6. The molecule has 0 aliphatic carbocycles. The number of hydrogen-bond acceptors (Lipinski definition) is 6. The molecule has 0 saturated carbocycles. The van der Waals surface area contributed by atoms with Gasteiger partial charge in [-0.1, -0.05) is 6.92 Å². The van der Waals surface area contributed by atoms with Crippen LogP contribution in [0.2, 0.25) is 0 Å². The fourth-order valence-corrected chi connectivity index (χ4v) is 2.00. The summed E-state index contributed by atoms with van der Waals surface area (Å²) >= 11 is 0. The zero-order valence-electron chi connectivity index (χ0n) is 12.1. The summed E-state index contributed by atoms with van der Waals surface area (Å²) in [6, 6.07) is 4.75. The van der Waals surface area contributed by atoms with Crippen LogP contribution in [0, 0.1) is 17.0 Å². The average molecular weight is 290 g/mol. The van der Waals surface area contributed by atoms with E-state index in [-0.39, 0.29) is 5.69 Å². The van der Waals surface area contributed by atoms with Crippen LogP contribution >= 0.6 is 0 Å². The lowest BCUT2D eigenvalue weighted by Gasteiger charge is -1.99. The maximum Gasteiger partial charge on any atom is 0.270 e. The second-order valence-electron chi connectivity index (χ2n) is 4.77. The minimum atomic E-state index is -0.426. The Morgan fingerprint density at radius 2 is 2.14 bits per heavy atom. The number of nitro groups is 1. The molecule has 0 aliphatic heterocycles. The van der Waals surface area contributed by atoms with Crippen LogP contribution in [-0.4, -0.2) is 28.2 Å². The van der Waals surface area contributed by atoms with Crippen molar-refractivity contribution in [2.75, 3.05) is 13.1 Å². The first-order valence-electron chi connectivity index (χ1n) is 6.89. The van der Waals surface area contributed by atoms with E-state index < -0.39 is 4.92 Å². The molecule has 7 nitrogen and oxygen atoms in total. The summed E-state index contributed by atoms with van der Waals surface area (Å²) in [6.45, 7) is 5.67. The highest BCUT2D eigenvalue weighted by Gasteiger charge is 2.14. The van der Waals surface area contributed by atoms with Gasteiger partial charge in [-0.25, -0.2) is 0 Å². The van der Waals surface area contributed by atoms with E-state index in [1.807, 2.05) is 0 Å². The van der Waals surface area contributed by atoms with Crippen molar-refractivity contribution in [2.45, 2.75) is 26.7 Å². The van der Waals surface area contributed by atoms with Crippen molar-refractivity contribution >= 4 is 5.69 Å². The summed E-state index contributed by atoms with van der Waals surface area (Å²) in [5.74, 6) is 0.868. The van der Waals surface area contributed by atoms with Gasteiger partial charge in [0.25, 0.3) is 5.69 Å². The van der Waals surface area contributed by atoms with Gasteiger partial charge >= 0.3 is 0 Å². The Morgan fingerprint density at radius 3 is 2.86 bits per heavy atom. The number of aromatic nitrogens is 2. The Morgan fingerprint density at radius 1 is 1.33 bits per heavy atom. The summed E-state index contributed by atoms with van der Waals surface area (Å²) in [5, 5.41) is 22.0. The van der Waals surface area contributed by atoms with E-state index >= 15 is 0 Å². The van der Waals surface area contributed by atoms with Gasteiger partial charge in [-0.3, -0.25) is 10.1 Å². The van der Waals surface area contributed by atoms with Crippen molar-refractivity contribution in [3.63, 3.8) is 0 Å². The molecule has 2 rings (SSSR count). The summed E-state index contributed by atoms with van der Waals surface area (Å²) in [6.07, 6.45) is 1.59. The monoisotopic (exact) mass is 290 g/mol. The summed E-state index contributed by atoms with van der Waals surface area (Å²) in [4.78, 5) is 10.5. The fraction of sp³-hybridized carbons (Fsp3) is 0.429. The first-order valence-corrected chi connectivity index (χ1v) is 6.89. The minimum absolute atomic E-state index is 0.0249. The van der Waals surface area contributed by atoms with Crippen LogP contribution in [-0.2, 0) is 6.42 Å². The second kappa shape index (κ2) is 6.94. The molecule has 0 radical (unpaired) electrons. The lowest BCUT2D eigenvalue weighted by atomic mass is 10.1. The number of benzene rings is 1. The quantitative estimate of drug-likeness (QED) is 0.478. The topological polar surface area (TPSA) is 94.1 Å². The molecule has 1 aromatic heterocycles. The number of aryl methyl sites for hydroxylation is 2. The summed E-state index contributed by atoms with van der Waals surface area (Å²) in [7, 11) is 0. The number of nitrogens with one attached hydrogen (secondary N) is 1. The van der Waals surface area contributed by atoms with Gasteiger partial charge in [0, 0.05) is 24.1 Å². The van der Waals surface area contributed by atoms with Crippen molar-refractivity contribution in [2.24, 2.45) is 0 Å². The Labute approximate surface area is 122 Å². The number of non-ortho nitro benzene ring substituents is 1. The zero-order valence-corrected chi connectivity index (χ0v) is 12.1. The fourth-order valence-electron chi connectivity index (χ4n) is 2.00. The van der Waals surface area contributed by atoms with Gasteiger partial charge in [-0.2, -0.15) is 0 Å². The highest BCUT2D eigenvalue weighted by molar-refractivity contribution is 5.59. The Balaban J connectivity index is 2.12. The van der Waals surface area contributed by atoms with Crippen LogP contribution in [0.4, 0.5) is 5.69 Å². The van der Waals surface area contributed by atoms with Crippen LogP contribution < -0.4 is 5.32 Å². The van der Waals surface area contributed by atoms with Crippen LogP contribution in [0.25, 0.3) is 11.5 Å². The lowest BCUT2D eigenvalue weighted by Crippen LogP contribution is -2.14. The maximum atomic E-state index is 10.9. The van der Waals surface area contributed by atoms with E-state index in [0.29, 0.717) is 23.8 Å². The highest BCUT2D eigenvalue weighted by Crippen LogP contribution is 2.25. The average Bonchev–Trinajstić information content (AvgIpc) is 2.92. The molecule has 0 bridgehead atoms. The van der Waals surface area contributed by atoms with E-state index in [2.05, 4.69) is 22.4 Å². The van der Waals surface area contributed by atoms with E-state index in [1.165, 1.54) is 12.1 Å². The zero-order chi connectivity index (χ0) is 15.2. The molecule has 7 heteroatoms. The van der Waals surface area contributed by atoms with E-state index in [9.17, 15) is 10.1 Å². The molecule has 0 aliphatic rings. The predicted octanol–water partition coefficient (Wildman–Crippen LogP) is 2.50. The van der Waals surface area contributed by atoms with Crippen molar-refractivity contribution in [1.82, 2.24) is 15.5 Å². The van der Waals surface area contributed by atoms with Crippen LogP contribution in [0.3, 0.4) is 0 Å². The normalized spacial score (nSPS) is 10.8. The van der Waals surface area contributed by atoms with Crippen molar-refractivity contribution in [3.05, 3.63) is 39.8 Å². The SMILES string of the molecule is CCNCCCc1nnc(-c2cc(C)cc([N+](=O)[O-])c2)o1. The molecular formula is C14H18N4O3. The molecule has 0 unspecified atom stereocenters. The van der Waals surface area contributed by atoms with Gasteiger partial charge in [0.1, 0.15) is 0 Å². The second-order valence-corrected chi connectivity index (χ2v) is 4.77. The third-order valence-electron chi connectivity index (χ3n) is 2.98. The number of nitrogens with zero attached hydrogens (tertiary/aromatic N) is 3. The van der Waals surface area contributed by atoms with Crippen molar-refractivity contribution in [1.29, 1.82) is 0 Å². The van der Waals surface area contributed by atoms with Crippen LogP contribution in [0.5, 0.6) is 0 Å². The lowest BCUT2D eigenvalue weighted by molar-refractivity contribution is -0.384. The van der Waals surface area contributed by atoms with Gasteiger partial charge in [-0.05, 0) is 38.1 Å². The van der Waals surface area contributed by atoms with Crippen molar-refractivity contribution < 1.29 is 9.34 Å². The third kappa shape index (κ3) is 4.09. The van der Waals surface area contributed by atoms with Gasteiger partial charge in [0.2, 0.25) is 11.8 Å². The number of hydrogen-bond donors (Lipinski definition) is 1. The van der Waals surface area contributed by atoms with E-state index in [4.69, 9.17) is 4.42 Å². The summed E-state index contributed by atoms with van der Waals surface area (Å²) in [5.41, 5.74) is 1.38. The molecular weight excluding hydrogens is 272 g/mol. The van der Waals surface area contributed by atoms with E-state index in [0.717, 1.165) is 25.1 Å². The smallest absolute Gasteiger partial charge is 0.270 e. The minimum Gasteiger partial charge on any atom is -0.421 e. The molecule has 0 saturated heterocycles. The number of nitro benzene ring substituents is 1. The Bertz CT molecular complexity index is 624. The maximum absolute atomic E-state index is 10.9. The summed E-state index contributed by atoms with van der Waals surface area (Å²) < 4.78 is 5.57. The van der Waals surface area contributed by atoms with Gasteiger partial charge in [0.05, 0.1) is 4.92 Å². The molecule has 1 heterocycles. The molecule has 0 atom stereocenters. The predicted molar refractivity (Wildman–Crippen MR) is 78.0 cm³/mol. The molecule has 112 valence electrons. The molecule has 0 spiro atoms. The molecule has 1 N–H and O–H groups in total. The molecule has 0 amide bonds. The molecule has 21 heavy (non-hydrogen) atoms. The molecule has 2 aromatic rings. The first-order chi connectivity index (χ1) is 10.1. The Hall–Kier alpha value is -2.28. The first kappa shape index (κ1) is 15.1. The van der Waals surface area contributed by atoms with Gasteiger partial charge in [0.15, 0.2) is 0 Å². The largest absolute Gasteiger partial charge is 0.421 e. The Kier molecular flexibility index (Phi) is 4.99. The van der Waals surface area contributed by atoms with Crippen LogP contribution in [0.1, 0.15) is 24.8 Å².